The van der Waals surface area contributed by atoms with Crippen LogP contribution in [-0.2, 0) is 6.54 Å². The molecule has 0 saturated heterocycles. The SMILES string of the molecule is CCNCc1nnc(-c2cc(OC)cs2)o1. The van der Waals surface area contributed by atoms with E-state index in [9.17, 15) is 0 Å². The maximum Gasteiger partial charge on any atom is 0.257 e. The van der Waals surface area contributed by atoms with Gasteiger partial charge < -0.3 is 14.5 Å². The van der Waals surface area contributed by atoms with Crippen LogP contribution in [0, 0.1) is 0 Å². The van der Waals surface area contributed by atoms with Gasteiger partial charge in [-0.25, -0.2) is 0 Å². The van der Waals surface area contributed by atoms with Crippen molar-refractivity contribution in [3.05, 3.63) is 17.3 Å². The second-order valence-corrected chi connectivity index (χ2v) is 4.04. The van der Waals surface area contributed by atoms with Crippen LogP contribution < -0.4 is 10.1 Å². The van der Waals surface area contributed by atoms with E-state index < -0.39 is 0 Å². The van der Waals surface area contributed by atoms with Crippen molar-refractivity contribution >= 4 is 11.3 Å². The first-order valence-corrected chi connectivity index (χ1v) is 5.87. The highest BCUT2D eigenvalue weighted by Crippen LogP contribution is 2.29. The van der Waals surface area contributed by atoms with Gasteiger partial charge in [-0.2, -0.15) is 0 Å². The summed E-state index contributed by atoms with van der Waals surface area (Å²) in [5, 5.41) is 13.0. The number of ether oxygens (including phenoxy) is 1. The van der Waals surface area contributed by atoms with Crippen LogP contribution in [-0.4, -0.2) is 23.9 Å². The van der Waals surface area contributed by atoms with Gasteiger partial charge in [0.05, 0.1) is 18.5 Å². The van der Waals surface area contributed by atoms with Crippen molar-refractivity contribution in [2.75, 3.05) is 13.7 Å². The summed E-state index contributed by atoms with van der Waals surface area (Å²) in [6.07, 6.45) is 0. The fourth-order valence-corrected chi connectivity index (χ4v) is 1.97. The molecule has 16 heavy (non-hydrogen) atoms. The molecule has 2 aromatic rings. The van der Waals surface area contributed by atoms with Gasteiger partial charge in [-0.3, -0.25) is 0 Å². The van der Waals surface area contributed by atoms with Crippen LogP contribution in [0.5, 0.6) is 5.75 Å². The lowest BCUT2D eigenvalue weighted by molar-refractivity contribution is 0.416. The maximum absolute atomic E-state index is 5.50. The lowest BCUT2D eigenvalue weighted by atomic mass is 10.4. The third kappa shape index (κ3) is 2.40. The van der Waals surface area contributed by atoms with Crippen LogP contribution in [0.15, 0.2) is 15.9 Å². The summed E-state index contributed by atoms with van der Waals surface area (Å²) in [6, 6.07) is 1.88. The molecule has 2 heterocycles. The Morgan fingerprint density at radius 3 is 3.06 bits per heavy atom. The highest BCUT2D eigenvalue weighted by Gasteiger charge is 2.10. The van der Waals surface area contributed by atoms with Gasteiger partial charge >= 0.3 is 0 Å². The lowest BCUT2D eigenvalue weighted by Gasteiger charge is -1.93. The molecule has 0 amide bonds. The average molecular weight is 239 g/mol. The molecule has 2 rings (SSSR count). The monoisotopic (exact) mass is 239 g/mol. The van der Waals surface area contributed by atoms with Crippen LogP contribution in [0.3, 0.4) is 0 Å². The molecule has 0 aromatic carbocycles. The molecule has 86 valence electrons. The summed E-state index contributed by atoms with van der Waals surface area (Å²) < 4.78 is 10.6. The van der Waals surface area contributed by atoms with Crippen LogP contribution in [0.2, 0.25) is 0 Å². The molecule has 0 unspecified atom stereocenters. The first kappa shape index (κ1) is 11.1. The second kappa shape index (κ2) is 5.09. The zero-order valence-corrected chi connectivity index (χ0v) is 10.0. The molecule has 1 N–H and O–H groups in total. The summed E-state index contributed by atoms with van der Waals surface area (Å²) in [4.78, 5) is 0.923. The van der Waals surface area contributed by atoms with Gasteiger partial charge in [-0.1, -0.05) is 6.92 Å². The van der Waals surface area contributed by atoms with Crippen molar-refractivity contribution in [1.29, 1.82) is 0 Å². The van der Waals surface area contributed by atoms with E-state index in [4.69, 9.17) is 9.15 Å². The maximum atomic E-state index is 5.50. The normalized spacial score (nSPS) is 10.6. The highest BCUT2D eigenvalue weighted by atomic mass is 32.1. The predicted octanol–water partition coefficient (Wildman–Crippen LogP) is 1.92. The standard InChI is InChI=1S/C10H13N3O2S/c1-3-11-5-9-12-13-10(15-9)8-4-7(14-2)6-16-8/h4,6,11H,3,5H2,1-2H3. The largest absolute Gasteiger partial charge is 0.496 e. The van der Waals surface area contributed by atoms with E-state index in [-0.39, 0.29) is 0 Å². The molecule has 0 atom stereocenters. The van der Waals surface area contributed by atoms with Crippen molar-refractivity contribution < 1.29 is 9.15 Å². The van der Waals surface area contributed by atoms with Crippen LogP contribution >= 0.6 is 11.3 Å². The third-order valence-corrected chi connectivity index (χ3v) is 2.91. The van der Waals surface area contributed by atoms with Crippen molar-refractivity contribution in [3.63, 3.8) is 0 Å². The van der Waals surface area contributed by atoms with Crippen LogP contribution in [0.1, 0.15) is 12.8 Å². The van der Waals surface area contributed by atoms with Crippen molar-refractivity contribution in [3.8, 4) is 16.5 Å². The van der Waals surface area contributed by atoms with E-state index in [1.807, 2.05) is 18.4 Å². The van der Waals surface area contributed by atoms with Gasteiger partial charge in [-0.05, 0) is 6.54 Å². The van der Waals surface area contributed by atoms with Gasteiger partial charge in [0, 0.05) is 11.4 Å². The second-order valence-electron chi connectivity index (χ2n) is 3.13. The molecule has 0 saturated carbocycles. The molecule has 0 aliphatic heterocycles. The Morgan fingerprint density at radius 1 is 1.50 bits per heavy atom. The number of rotatable bonds is 5. The van der Waals surface area contributed by atoms with E-state index in [0.717, 1.165) is 17.2 Å². The summed E-state index contributed by atoms with van der Waals surface area (Å²) in [6.45, 7) is 3.51. The Balaban J connectivity index is 2.11. The van der Waals surface area contributed by atoms with E-state index >= 15 is 0 Å². The molecule has 5 nitrogen and oxygen atoms in total. The van der Waals surface area contributed by atoms with Crippen LogP contribution in [0.4, 0.5) is 0 Å². The lowest BCUT2D eigenvalue weighted by Crippen LogP contribution is -2.11. The Kier molecular flexibility index (Phi) is 3.53. The number of methoxy groups -OCH3 is 1. The highest BCUT2D eigenvalue weighted by molar-refractivity contribution is 7.13. The Bertz CT molecular complexity index is 452. The molecular formula is C10H13N3O2S. The number of nitrogens with zero attached hydrogens (tertiary/aromatic N) is 2. The number of hydrogen-bond donors (Lipinski definition) is 1. The van der Waals surface area contributed by atoms with E-state index in [1.54, 1.807) is 7.11 Å². The van der Waals surface area contributed by atoms with Gasteiger partial charge in [0.2, 0.25) is 5.89 Å². The quantitative estimate of drug-likeness (QED) is 0.863. The smallest absolute Gasteiger partial charge is 0.257 e. The van der Waals surface area contributed by atoms with Gasteiger partial charge in [-0.15, -0.1) is 21.5 Å². The summed E-state index contributed by atoms with van der Waals surface area (Å²) in [5.41, 5.74) is 0. The van der Waals surface area contributed by atoms with Crippen molar-refractivity contribution in [2.24, 2.45) is 0 Å². The Hall–Kier alpha value is -1.40. The van der Waals surface area contributed by atoms with Crippen LogP contribution in [0.25, 0.3) is 10.8 Å². The summed E-state index contributed by atoms with van der Waals surface area (Å²) >= 11 is 1.52. The zero-order valence-electron chi connectivity index (χ0n) is 9.19. The minimum Gasteiger partial charge on any atom is -0.496 e. The molecule has 0 fully saturated rings. The minimum absolute atomic E-state index is 0.543. The molecule has 6 heteroatoms. The summed E-state index contributed by atoms with van der Waals surface area (Å²) in [7, 11) is 1.64. The van der Waals surface area contributed by atoms with E-state index in [2.05, 4.69) is 15.5 Å². The molecule has 0 aliphatic rings. The molecule has 0 radical (unpaired) electrons. The van der Waals surface area contributed by atoms with Crippen molar-refractivity contribution in [2.45, 2.75) is 13.5 Å². The average Bonchev–Trinajstić information content (AvgIpc) is 2.94. The predicted molar refractivity (Wildman–Crippen MR) is 61.5 cm³/mol. The molecule has 0 bridgehead atoms. The minimum atomic E-state index is 0.543. The zero-order chi connectivity index (χ0) is 11.4. The molecular weight excluding hydrogens is 226 g/mol. The van der Waals surface area contributed by atoms with Crippen molar-refractivity contribution in [1.82, 2.24) is 15.5 Å². The molecule has 0 aliphatic carbocycles. The summed E-state index contributed by atoms with van der Waals surface area (Å²) in [5.74, 6) is 1.96. The fraction of sp³-hybridized carbons (Fsp3) is 0.400. The topological polar surface area (TPSA) is 60.2 Å². The number of hydrogen-bond acceptors (Lipinski definition) is 6. The van der Waals surface area contributed by atoms with E-state index in [1.165, 1.54) is 11.3 Å². The third-order valence-electron chi connectivity index (χ3n) is 2.01. The van der Waals surface area contributed by atoms with Gasteiger partial charge in [0.25, 0.3) is 5.89 Å². The van der Waals surface area contributed by atoms with Gasteiger partial charge in [0.15, 0.2) is 0 Å². The van der Waals surface area contributed by atoms with E-state index in [0.29, 0.717) is 18.3 Å². The Labute approximate surface area is 97.5 Å². The first-order valence-electron chi connectivity index (χ1n) is 4.99. The number of thiophene rings is 1. The van der Waals surface area contributed by atoms with Gasteiger partial charge in [0.1, 0.15) is 5.75 Å². The first-order chi connectivity index (χ1) is 7.83. The molecule has 0 spiro atoms. The molecule has 2 aromatic heterocycles. The number of aromatic nitrogens is 2. The Morgan fingerprint density at radius 2 is 2.38 bits per heavy atom. The number of nitrogens with one attached hydrogen (secondary N) is 1. The fourth-order valence-electron chi connectivity index (χ4n) is 1.19.